The lowest BCUT2D eigenvalue weighted by molar-refractivity contribution is -0.195. The number of benzene rings is 3. The summed E-state index contributed by atoms with van der Waals surface area (Å²) in [5.41, 5.74) is 6.78. The molecule has 2 aliphatic heterocycles. The van der Waals surface area contributed by atoms with Crippen molar-refractivity contribution < 1.29 is 18.9 Å². The molecule has 0 radical (unpaired) electrons. The Hall–Kier alpha value is -2.86. The predicted molar refractivity (Wildman–Crippen MR) is 173 cm³/mol. The van der Waals surface area contributed by atoms with Crippen LogP contribution in [0.15, 0.2) is 72.8 Å². The van der Waals surface area contributed by atoms with E-state index < -0.39 is 0 Å². The topological polar surface area (TPSA) is 40.2 Å². The maximum Gasteiger partial charge on any atom is 0.161 e. The molecule has 0 unspecified atom stereocenters. The van der Waals surface area contributed by atoms with E-state index in [0.717, 1.165) is 64.0 Å². The largest absolute Gasteiger partial charge is 0.488 e. The molecule has 1 spiro atoms. The zero-order chi connectivity index (χ0) is 30.0. The minimum absolute atomic E-state index is 0.00322. The van der Waals surface area contributed by atoms with E-state index in [9.17, 15) is 0 Å². The lowest BCUT2D eigenvalue weighted by Gasteiger charge is -2.47. The van der Waals surface area contributed by atoms with Crippen LogP contribution in [0.1, 0.15) is 87.0 Å². The van der Waals surface area contributed by atoms with Crippen molar-refractivity contribution in [2.45, 2.75) is 88.6 Å². The first-order valence-electron chi connectivity index (χ1n) is 16.2. The average Bonchev–Trinajstić information content (AvgIpc) is 3.02. The highest BCUT2D eigenvalue weighted by molar-refractivity contribution is 5.53. The number of nitrogens with zero attached hydrogens (tertiary/aromatic N) is 1. The van der Waals surface area contributed by atoms with Crippen LogP contribution in [0.4, 0.5) is 5.69 Å². The Bertz CT molecular complexity index is 1330. The number of hydrogen-bond donors (Lipinski definition) is 0. The number of rotatable bonds is 7. The SMILES string of the molecule is COC(OC)[C@@H]1CCC2(CCN(c3ccc([C@@H]4c5ccc(OC(C)(C)C)cc5CC[C@@H]4c4ccccc4)cc3)CC2)OC1. The minimum Gasteiger partial charge on any atom is -0.488 e. The molecule has 2 heterocycles. The summed E-state index contributed by atoms with van der Waals surface area (Å²) in [5.74, 6) is 2.05. The molecule has 43 heavy (non-hydrogen) atoms. The van der Waals surface area contributed by atoms with Gasteiger partial charge in [-0.3, -0.25) is 0 Å². The molecular formula is C38H49NO4. The smallest absolute Gasteiger partial charge is 0.161 e. The van der Waals surface area contributed by atoms with Gasteiger partial charge in [-0.15, -0.1) is 0 Å². The fourth-order valence-corrected chi connectivity index (χ4v) is 7.73. The maximum absolute atomic E-state index is 6.51. The second-order valence-electron chi connectivity index (χ2n) is 13.8. The van der Waals surface area contributed by atoms with Gasteiger partial charge in [0.05, 0.1) is 12.2 Å². The first-order valence-corrected chi connectivity index (χ1v) is 16.2. The molecule has 0 saturated carbocycles. The van der Waals surface area contributed by atoms with Crippen LogP contribution in [0, 0.1) is 5.92 Å². The Morgan fingerprint density at radius 2 is 1.56 bits per heavy atom. The highest BCUT2D eigenvalue weighted by Crippen LogP contribution is 2.47. The fourth-order valence-electron chi connectivity index (χ4n) is 7.73. The van der Waals surface area contributed by atoms with Gasteiger partial charge in [0.1, 0.15) is 11.4 Å². The third-order valence-electron chi connectivity index (χ3n) is 9.94. The average molecular weight is 584 g/mol. The zero-order valence-corrected chi connectivity index (χ0v) is 26.7. The van der Waals surface area contributed by atoms with Crippen LogP contribution in [-0.4, -0.2) is 51.4 Å². The van der Waals surface area contributed by atoms with Crippen molar-refractivity contribution in [2.24, 2.45) is 5.92 Å². The van der Waals surface area contributed by atoms with Crippen molar-refractivity contribution in [3.05, 3.63) is 95.1 Å². The number of anilines is 1. The third kappa shape index (κ3) is 6.64. The Balaban J connectivity index is 1.18. The molecule has 2 fully saturated rings. The van der Waals surface area contributed by atoms with E-state index >= 15 is 0 Å². The normalized spacial score (nSPS) is 23.8. The number of methoxy groups -OCH3 is 2. The minimum atomic E-state index is -0.207. The molecule has 5 nitrogen and oxygen atoms in total. The van der Waals surface area contributed by atoms with Gasteiger partial charge in [0, 0.05) is 44.8 Å². The summed E-state index contributed by atoms with van der Waals surface area (Å²) in [4.78, 5) is 2.54. The first-order chi connectivity index (χ1) is 20.8. The van der Waals surface area contributed by atoms with Crippen LogP contribution in [0.5, 0.6) is 5.75 Å². The molecule has 3 atom stereocenters. The molecule has 0 bridgehead atoms. The molecule has 3 aromatic carbocycles. The van der Waals surface area contributed by atoms with E-state index in [4.69, 9.17) is 18.9 Å². The second kappa shape index (κ2) is 12.6. The lowest BCUT2D eigenvalue weighted by atomic mass is 9.69. The predicted octanol–water partition coefficient (Wildman–Crippen LogP) is 8.11. The van der Waals surface area contributed by atoms with Crippen LogP contribution >= 0.6 is 0 Å². The first kappa shape index (κ1) is 30.2. The van der Waals surface area contributed by atoms with E-state index in [2.05, 4.69) is 98.5 Å². The summed E-state index contributed by atoms with van der Waals surface area (Å²) >= 11 is 0. The number of ether oxygens (including phenoxy) is 4. The van der Waals surface area contributed by atoms with Gasteiger partial charge < -0.3 is 23.8 Å². The Kier molecular flexibility index (Phi) is 8.86. The molecule has 0 amide bonds. The molecule has 0 N–H and O–H groups in total. The van der Waals surface area contributed by atoms with E-state index in [1.807, 2.05) is 0 Å². The summed E-state index contributed by atoms with van der Waals surface area (Å²) in [5, 5.41) is 0. The Morgan fingerprint density at radius 1 is 0.837 bits per heavy atom. The molecular weight excluding hydrogens is 534 g/mol. The maximum atomic E-state index is 6.51. The zero-order valence-electron chi connectivity index (χ0n) is 26.7. The summed E-state index contributed by atoms with van der Waals surface area (Å²) in [6, 6.07) is 27.3. The van der Waals surface area contributed by atoms with E-state index in [-0.39, 0.29) is 17.5 Å². The van der Waals surface area contributed by atoms with E-state index in [1.165, 1.54) is 27.9 Å². The van der Waals surface area contributed by atoms with Gasteiger partial charge >= 0.3 is 0 Å². The molecule has 1 aliphatic carbocycles. The van der Waals surface area contributed by atoms with Gasteiger partial charge in [0.15, 0.2) is 6.29 Å². The molecule has 230 valence electrons. The van der Waals surface area contributed by atoms with Crippen molar-refractivity contribution in [3.8, 4) is 5.75 Å². The van der Waals surface area contributed by atoms with Gasteiger partial charge in [-0.25, -0.2) is 0 Å². The van der Waals surface area contributed by atoms with Crippen LogP contribution < -0.4 is 9.64 Å². The summed E-state index contributed by atoms with van der Waals surface area (Å²) < 4.78 is 23.8. The molecule has 0 aromatic heterocycles. The van der Waals surface area contributed by atoms with Crippen molar-refractivity contribution in [1.29, 1.82) is 0 Å². The molecule has 3 aromatic rings. The van der Waals surface area contributed by atoms with Crippen molar-refractivity contribution in [1.82, 2.24) is 0 Å². The quantitative estimate of drug-likeness (QED) is 0.263. The van der Waals surface area contributed by atoms with Crippen LogP contribution in [0.3, 0.4) is 0 Å². The van der Waals surface area contributed by atoms with Gasteiger partial charge in [-0.1, -0.05) is 48.5 Å². The van der Waals surface area contributed by atoms with Gasteiger partial charge in [0.25, 0.3) is 0 Å². The Labute approximate surface area is 258 Å². The van der Waals surface area contributed by atoms with Crippen molar-refractivity contribution >= 4 is 5.69 Å². The summed E-state index contributed by atoms with van der Waals surface area (Å²) in [6.45, 7) is 9.11. The highest BCUT2D eigenvalue weighted by atomic mass is 16.7. The summed E-state index contributed by atoms with van der Waals surface area (Å²) in [7, 11) is 3.44. The van der Waals surface area contributed by atoms with Crippen LogP contribution in [0.25, 0.3) is 0 Å². The number of piperidine rings is 1. The lowest BCUT2D eigenvalue weighted by Crippen LogP contribution is -2.50. The number of fused-ring (bicyclic) bond motifs is 1. The van der Waals surface area contributed by atoms with Crippen LogP contribution in [0.2, 0.25) is 0 Å². The Morgan fingerprint density at radius 3 is 2.19 bits per heavy atom. The number of aryl methyl sites for hydroxylation is 1. The summed E-state index contributed by atoms with van der Waals surface area (Å²) in [6.07, 6.45) is 6.34. The van der Waals surface area contributed by atoms with E-state index in [0.29, 0.717) is 17.8 Å². The van der Waals surface area contributed by atoms with Crippen molar-refractivity contribution in [2.75, 3.05) is 38.8 Å². The second-order valence-corrected chi connectivity index (χ2v) is 13.8. The fraction of sp³-hybridized carbons (Fsp3) is 0.526. The standard InChI is InChI=1S/C38H49NO4/c1-37(2,3)43-32-16-18-34-29(25-32)13-17-33(27-9-7-6-8-10-27)35(34)28-11-14-31(15-12-28)39-23-21-38(22-24-39)20-19-30(26-42-38)36(40-4)41-5/h6-12,14-16,18,25,30,33,35-36H,13,17,19-24,26H2,1-5H3/t30-,33-,35+/m1/s1. The van der Waals surface area contributed by atoms with Gasteiger partial charge in [0.2, 0.25) is 0 Å². The number of hydrogen-bond acceptors (Lipinski definition) is 5. The monoisotopic (exact) mass is 583 g/mol. The van der Waals surface area contributed by atoms with E-state index in [1.54, 1.807) is 14.2 Å². The van der Waals surface area contributed by atoms with Gasteiger partial charge in [-0.05, 0) is 112 Å². The molecule has 2 saturated heterocycles. The van der Waals surface area contributed by atoms with Crippen LogP contribution in [-0.2, 0) is 20.6 Å². The molecule has 5 heteroatoms. The van der Waals surface area contributed by atoms with Gasteiger partial charge in [-0.2, -0.15) is 0 Å². The van der Waals surface area contributed by atoms with Crippen molar-refractivity contribution in [3.63, 3.8) is 0 Å². The molecule has 6 rings (SSSR count). The third-order valence-corrected chi connectivity index (χ3v) is 9.94. The highest BCUT2D eigenvalue weighted by Gasteiger charge is 2.41. The molecule has 3 aliphatic rings.